The predicted molar refractivity (Wildman–Crippen MR) is 143 cm³/mol. The summed E-state index contributed by atoms with van der Waals surface area (Å²) >= 11 is 1.42. The maximum Gasteiger partial charge on any atom is 0.260 e. The third-order valence-electron chi connectivity index (χ3n) is 6.23. The van der Waals surface area contributed by atoms with Gasteiger partial charge < -0.3 is 24.8 Å². The van der Waals surface area contributed by atoms with Crippen LogP contribution >= 0.6 is 11.3 Å². The Bertz CT molecular complexity index is 1220. The van der Waals surface area contributed by atoms with Gasteiger partial charge in [0.1, 0.15) is 17.0 Å². The number of ether oxygens (including phenoxy) is 3. The van der Waals surface area contributed by atoms with Crippen molar-refractivity contribution >= 4 is 39.7 Å². The zero-order chi connectivity index (χ0) is 25.9. The lowest BCUT2D eigenvalue weighted by atomic mass is 9.94. The zero-order valence-electron chi connectivity index (χ0n) is 21.7. The Kier molecular flexibility index (Phi) is 7.97. The Balaban J connectivity index is 1.63. The molecule has 1 fully saturated rings. The van der Waals surface area contributed by atoms with Gasteiger partial charge in [-0.1, -0.05) is 20.8 Å². The van der Waals surface area contributed by atoms with E-state index in [0.717, 1.165) is 60.7 Å². The van der Waals surface area contributed by atoms with Gasteiger partial charge in [0, 0.05) is 43.0 Å². The van der Waals surface area contributed by atoms with Gasteiger partial charge in [0.25, 0.3) is 5.91 Å². The molecule has 9 nitrogen and oxygen atoms in total. The van der Waals surface area contributed by atoms with Crippen LogP contribution in [0, 0.1) is 0 Å². The molecule has 0 spiro atoms. The maximum absolute atomic E-state index is 12.3. The van der Waals surface area contributed by atoms with Gasteiger partial charge in [-0.25, -0.2) is 9.97 Å². The molecule has 2 aromatic heterocycles. The van der Waals surface area contributed by atoms with E-state index in [1.807, 2.05) is 30.1 Å². The Morgan fingerprint density at radius 3 is 2.61 bits per heavy atom. The number of methoxy groups -OCH3 is 1. The van der Waals surface area contributed by atoms with Gasteiger partial charge in [-0.2, -0.15) is 0 Å². The van der Waals surface area contributed by atoms with Crippen molar-refractivity contribution in [2.75, 3.05) is 58.5 Å². The third-order valence-corrected chi connectivity index (χ3v) is 7.80. The molecule has 1 aromatic carbocycles. The highest BCUT2D eigenvalue weighted by molar-refractivity contribution is 7.14. The third kappa shape index (κ3) is 5.71. The summed E-state index contributed by atoms with van der Waals surface area (Å²) in [5.41, 5.74) is 7.08. The van der Waals surface area contributed by atoms with Crippen LogP contribution < -0.4 is 20.1 Å². The van der Waals surface area contributed by atoms with Crippen molar-refractivity contribution < 1.29 is 19.0 Å². The van der Waals surface area contributed by atoms with Gasteiger partial charge in [0.05, 0.1) is 38.1 Å². The first kappa shape index (κ1) is 26.1. The van der Waals surface area contributed by atoms with Crippen LogP contribution in [-0.4, -0.2) is 74.4 Å². The molecule has 0 radical (unpaired) electrons. The highest BCUT2D eigenvalue weighted by atomic mass is 32.1. The van der Waals surface area contributed by atoms with E-state index in [4.69, 9.17) is 19.9 Å². The van der Waals surface area contributed by atoms with Crippen LogP contribution in [0.3, 0.4) is 0 Å². The topological polar surface area (TPSA) is 103 Å². The molecular weight excluding hydrogens is 478 g/mol. The monoisotopic (exact) mass is 513 g/mol. The number of primary amides is 1. The number of nitrogens with two attached hydrogens (primary N) is 1. The SMILES string of the molecule is COc1cc2ncnc(N(C)c3cc(C(C)(C)C)sc3C(N)=O)c2cc1OCCCN1CCOCC1. The van der Waals surface area contributed by atoms with Gasteiger partial charge in [-0.05, 0) is 24.0 Å². The summed E-state index contributed by atoms with van der Waals surface area (Å²) in [4.78, 5) is 27.1. The fraction of sp³-hybridized carbons (Fsp3) is 0.500. The molecule has 0 unspecified atom stereocenters. The lowest BCUT2D eigenvalue weighted by Crippen LogP contribution is -2.37. The number of hydrogen-bond donors (Lipinski definition) is 1. The van der Waals surface area contributed by atoms with E-state index in [0.29, 0.717) is 28.8 Å². The molecule has 1 aliphatic heterocycles. The first-order valence-electron chi connectivity index (χ1n) is 12.1. The van der Waals surface area contributed by atoms with Gasteiger partial charge in [0.15, 0.2) is 11.5 Å². The molecule has 3 heterocycles. The van der Waals surface area contributed by atoms with Crippen LogP contribution in [0.25, 0.3) is 10.9 Å². The molecule has 1 amide bonds. The fourth-order valence-corrected chi connectivity index (χ4v) is 5.27. The Morgan fingerprint density at radius 1 is 1.19 bits per heavy atom. The second-order valence-electron chi connectivity index (χ2n) is 9.87. The number of thiophene rings is 1. The van der Waals surface area contributed by atoms with Crippen molar-refractivity contribution in [3.63, 3.8) is 0 Å². The molecule has 1 saturated heterocycles. The summed E-state index contributed by atoms with van der Waals surface area (Å²) in [6.07, 6.45) is 2.41. The molecule has 10 heteroatoms. The summed E-state index contributed by atoms with van der Waals surface area (Å²) in [6.45, 7) is 11.3. The number of morpholine rings is 1. The maximum atomic E-state index is 12.3. The first-order chi connectivity index (χ1) is 17.2. The molecule has 0 bridgehead atoms. The number of aromatic nitrogens is 2. The fourth-order valence-electron chi connectivity index (χ4n) is 4.18. The second-order valence-corrected chi connectivity index (χ2v) is 10.9. The molecule has 1 aliphatic rings. The summed E-state index contributed by atoms with van der Waals surface area (Å²) in [5.74, 6) is 1.44. The summed E-state index contributed by atoms with van der Waals surface area (Å²) in [5, 5.41) is 0.794. The smallest absolute Gasteiger partial charge is 0.260 e. The molecule has 0 atom stereocenters. The number of nitrogens with zero attached hydrogens (tertiary/aromatic N) is 4. The molecule has 0 aliphatic carbocycles. The zero-order valence-corrected chi connectivity index (χ0v) is 22.5. The number of carbonyl (C=O) groups is 1. The quantitative estimate of drug-likeness (QED) is 0.429. The normalized spacial score (nSPS) is 14.7. The van der Waals surface area contributed by atoms with Crippen LogP contribution in [-0.2, 0) is 10.2 Å². The lowest BCUT2D eigenvalue weighted by molar-refractivity contribution is 0.0357. The van der Waals surface area contributed by atoms with Crippen molar-refractivity contribution in [2.24, 2.45) is 5.73 Å². The molecule has 3 aromatic rings. The number of hydrogen-bond acceptors (Lipinski definition) is 9. The summed E-state index contributed by atoms with van der Waals surface area (Å²) < 4.78 is 17.2. The van der Waals surface area contributed by atoms with Gasteiger partial charge in [0.2, 0.25) is 0 Å². The largest absolute Gasteiger partial charge is 0.493 e. The molecule has 36 heavy (non-hydrogen) atoms. The van der Waals surface area contributed by atoms with Crippen LogP contribution in [0.1, 0.15) is 41.7 Å². The van der Waals surface area contributed by atoms with Crippen LogP contribution in [0.4, 0.5) is 11.5 Å². The van der Waals surface area contributed by atoms with E-state index >= 15 is 0 Å². The standard InChI is InChI=1S/C26H35N5O4S/c1-26(2,3)22-15-19(23(36-22)24(27)32)30(4)25-17-13-21(20(33-5)14-18(17)28-16-29-25)35-10-6-7-31-8-11-34-12-9-31/h13-16H,6-12H2,1-5H3,(H2,27,32). The minimum absolute atomic E-state index is 0.114. The summed E-state index contributed by atoms with van der Waals surface area (Å²) in [6, 6.07) is 5.79. The average molecular weight is 514 g/mol. The average Bonchev–Trinajstić information content (AvgIpc) is 3.33. The number of amides is 1. The highest BCUT2D eigenvalue weighted by Crippen LogP contribution is 2.41. The Morgan fingerprint density at radius 2 is 1.94 bits per heavy atom. The van der Waals surface area contributed by atoms with Gasteiger partial charge in [-0.3, -0.25) is 9.69 Å². The highest BCUT2D eigenvalue weighted by Gasteiger charge is 2.25. The summed E-state index contributed by atoms with van der Waals surface area (Å²) in [7, 11) is 3.50. The minimum Gasteiger partial charge on any atom is -0.493 e. The molecule has 194 valence electrons. The van der Waals surface area contributed by atoms with Gasteiger partial charge >= 0.3 is 0 Å². The van der Waals surface area contributed by atoms with E-state index < -0.39 is 5.91 Å². The van der Waals surface area contributed by atoms with Gasteiger partial charge in [-0.15, -0.1) is 11.3 Å². The predicted octanol–water partition coefficient (Wildman–Crippen LogP) is 3.97. The lowest BCUT2D eigenvalue weighted by Gasteiger charge is -2.26. The number of carbonyl (C=O) groups excluding carboxylic acids is 1. The van der Waals surface area contributed by atoms with Crippen molar-refractivity contribution in [3.05, 3.63) is 34.3 Å². The van der Waals surface area contributed by atoms with Crippen molar-refractivity contribution in [2.45, 2.75) is 32.6 Å². The number of anilines is 2. The molecule has 0 saturated carbocycles. The Hall–Kier alpha value is -2.95. The second kappa shape index (κ2) is 11.0. The van der Waals surface area contributed by atoms with Crippen LogP contribution in [0.2, 0.25) is 0 Å². The van der Waals surface area contributed by atoms with Crippen LogP contribution in [0.5, 0.6) is 11.5 Å². The molecular formula is C26H35N5O4S. The minimum atomic E-state index is -0.457. The van der Waals surface area contributed by atoms with E-state index in [9.17, 15) is 4.79 Å². The van der Waals surface area contributed by atoms with Crippen molar-refractivity contribution in [1.29, 1.82) is 0 Å². The first-order valence-corrected chi connectivity index (χ1v) is 12.9. The van der Waals surface area contributed by atoms with Crippen molar-refractivity contribution in [3.8, 4) is 11.5 Å². The number of fused-ring (bicyclic) bond motifs is 1. The number of rotatable bonds is 9. The molecule has 4 rings (SSSR count). The van der Waals surface area contributed by atoms with Crippen molar-refractivity contribution in [1.82, 2.24) is 14.9 Å². The van der Waals surface area contributed by atoms with E-state index in [-0.39, 0.29) is 5.41 Å². The number of benzene rings is 1. The van der Waals surface area contributed by atoms with E-state index in [1.54, 1.807) is 7.11 Å². The van der Waals surface area contributed by atoms with Crippen LogP contribution in [0.15, 0.2) is 24.5 Å². The van der Waals surface area contributed by atoms with E-state index in [1.165, 1.54) is 17.7 Å². The molecule has 2 N–H and O–H groups in total. The van der Waals surface area contributed by atoms with E-state index in [2.05, 4.69) is 35.6 Å². The Labute approximate surface area is 216 Å².